The Morgan fingerprint density at radius 1 is 1.32 bits per heavy atom. The molecule has 0 spiro atoms. The van der Waals surface area contributed by atoms with Crippen LogP contribution in [0.3, 0.4) is 0 Å². The molecule has 0 saturated heterocycles. The number of rotatable bonds is 7. The zero-order valence-corrected chi connectivity index (χ0v) is 15.4. The SMILES string of the molecule is CCCS(=O)(=O)Nc1ccc(F)c(C(=O)c2c[nH]c3ncc(C=O)cc23)c1F. The van der Waals surface area contributed by atoms with Gasteiger partial charge in [-0.05, 0) is 24.6 Å². The minimum atomic E-state index is -3.84. The Labute approximate surface area is 158 Å². The van der Waals surface area contributed by atoms with Crippen LogP contribution in [-0.4, -0.2) is 36.2 Å². The van der Waals surface area contributed by atoms with E-state index in [2.05, 4.69) is 9.97 Å². The summed E-state index contributed by atoms with van der Waals surface area (Å²) >= 11 is 0. The lowest BCUT2D eigenvalue weighted by Gasteiger charge is -2.11. The maximum absolute atomic E-state index is 14.8. The molecule has 0 aliphatic rings. The first kappa shape index (κ1) is 19.6. The van der Waals surface area contributed by atoms with Crippen molar-refractivity contribution >= 4 is 38.8 Å². The Morgan fingerprint density at radius 3 is 2.75 bits per heavy atom. The molecule has 0 radical (unpaired) electrons. The highest BCUT2D eigenvalue weighted by molar-refractivity contribution is 7.92. The number of nitrogens with zero attached hydrogens (tertiary/aromatic N) is 1. The number of hydrogen-bond acceptors (Lipinski definition) is 5. The summed E-state index contributed by atoms with van der Waals surface area (Å²) in [7, 11) is -3.84. The van der Waals surface area contributed by atoms with Gasteiger partial charge in [-0.3, -0.25) is 14.3 Å². The molecule has 3 aromatic rings. The molecule has 2 aromatic heterocycles. The first-order valence-electron chi connectivity index (χ1n) is 8.23. The molecule has 0 saturated carbocycles. The molecule has 0 fully saturated rings. The van der Waals surface area contributed by atoms with Crippen molar-refractivity contribution in [2.75, 3.05) is 10.5 Å². The highest BCUT2D eigenvalue weighted by Crippen LogP contribution is 2.27. The van der Waals surface area contributed by atoms with E-state index in [1.807, 2.05) is 4.72 Å². The average Bonchev–Trinajstić information content (AvgIpc) is 3.07. The molecule has 0 unspecified atom stereocenters. The number of aromatic nitrogens is 2. The summed E-state index contributed by atoms with van der Waals surface area (Å²) in [5.41, 5.74) is -1.09. The molecule has 7 nitrogen and oxygen atoms in total. The van der Waals surface area contributed by atoms with Crippen molar-refractivity contribution in [2.24, 2.45) is 0 Å². The number of hydrogen-bond donors (Lipinski definition) is 2. The minimum Gasteiger partial charge on any atom is -0.345 e. The second kappa shape index (κ2) is 7.47. The largest absolute Gasteiger partial charge is 0.345 e. The number of benzene rings is 1. The van der Waals surface area contributed by atoms with Crippen LogP contribution < -0.4 is 4.72 Å². The monoisotopic (exact) mass is 407 g/mol. The maximum Gasteiger partial charge on any atom is 0.232 e. The number of carbonyl (C=O) groups excluding carboxylic acids is 2. The van der Waals surface area contributed by atoms with Gasteiger partial charge >= 0.3 is 0 Å². The zero-order valence-electron chi connectivity index (χ0n) is 14.6. The Kier molecular flexibility index (Phi) is 5.23. The summed E-state index contributed by atoms with van der Waals surface area (Å²) in [5, 5.41) is 0.213. The number of nitrogens with one attached hydrogen (secondary N) is 2. The van der Waals surface area contributed by atoms with E-state index in [4.69, 9.17) is 0 Å². The quantitative estimate of drug-likeness (QED) is 0.462. The third-order valence-corrected chi connectivity index (χ3v) is 5.47. The number of aromatic amines is 1. The maximum atomic E-state index is 14.8. The molecule has 0 aliphatic carbocycles. The molecule has 3 rings (SSSR count). The fourth-order valence-electron chi connectivity index (χ4n) is 2.73. The summed E-state index contributed by atoms with van der Waals surface area (Å²) < 4.78 is 54.9. The van der Waals surface area contributed by atoms with Gasteiger partial charge in [-0.2, -0.15) is 0 Å². The molecule has 0 bridgehead atoms. The summed E-state index contributed by atoms with van der Waals surface area (Å²) in [5.74, 6) is -3.73. The second-order valence-corrected chi connectivity index (χ2v) is 7.86. The Bertz CT molecular complexity index is 1190. The van der Waals surface area contributed by atoms with E-state index in [1.165, 1.54) is 18.5 Å². The lowest BCUT2D eigenvalue weighted by molar-refractivity contribution is 0.103. The third-order valence-electron chi connectivity index (χ3n) is 3.99. The van der Waals surface area contributed by atoms with Gasteiger partial charge in [-0.15, -0.1) is 0 Å². The normalized spacial score (nSPS) is 11.5. The topological polar surface area (TPSA) is 109 Å². The highest BCUT2D eigenvalue weighted by atomic mass is 32.2. The van der Waals surface area contributed by atoms with Crippen molar-refractivity contribution in [1.82, 2.24) is 9.97 Å². The molecular formula is C18H15F2N3O4S. The number of fused-ring (bicyclic) bond motifs is 1. The third kappa shape index (κ3) is 3.63. The molecule has 10 heteroatoms. The number of carbonyl (C=O) groups is 2. The second-order valence-electron chi connectivity index (χ2n) is 6.02. The van der Waals surface area contributed by atoms with Crippen LogP contribution in [0, 0.1) is 11.6 Å². The fourth-order valence-corrected chi connectivity index (χ4v) is 3.87. The van der Waals surface area contributed by atoms with Gasteiger partial charge in [0.2, 0.25) is 15.8 Å². The van der Waals surface area contributed by atoms with Crippen LogP contribution >= 0.6 is 0 Å². The molecule has 2 N–H and O–H groups in total. The number of anilines is 1. The number of halogens is 2. The highest BCUT2D eigenvalue weighted by Gasteiger charge is 2.25. The van der Waals surface area contributed by atoms with E-state index < -0.39 is 38.7 Å². The lowest BCUT2D eigenvalue weighted by Crippen LogP contribution is -2.18. The van der Waals surface area contributed by atoms with Crippen molar-refractivity contribution in [3.8, 4) is 0 Å². The van der Waals surface area contributed by atoms with Crippen LogP contribution in [0.15, 0.2) is 30.6 Å². The van der Waals surface area contributed by atoms with Crippen molar-refractivity contribution in [1.29, 1.82) is 0 Å². The van der Waals surface area contributed by atoms with Crippen LogP contribution in [0.1, 0.15) is 39.6 Å². The summed E-state index contributed by atoms with van der Waals surface area (Å²) in [6.07, 6.45) is 3.33. The van der Waals surface area contributed by atoms with Crippen LogP contribution in [0.25, 0.3) is 11.0 Å². The van der Waals surface area contributed by atoms with Gasteiger partial charge in [-0.25, -0.2) is 22.2 Å². The van der Waals surface area contributed by atoms with Crippen LogP contribution in [0.4, 0.5) is 14.5 Å². The van der Waals surface area contributed by atoms with Crippen LogP contribution in [-0.2, 0) is 10.0 Å². The summed E-state index contributed by atoms with van der Waals surface area (Å²) in [6.45, 7) is 1.63. The van der Waals surface area contributed by atoms with Gasteiger partial charge in [0, 0.05) is 28.9 Å². The molecular weight excluding hydrogens is 392 g/mol. The first-order chi connectivity index (χ1) is 13.3. The number of H-pyrrole nitrogens is 1. The van der Waals surface area contributed by atoms with E-state index in [0.29, 0.717) is 12.7 Å². The molecule has 0 aliphatic heterocycles. The van der Waals surface area contributed by atoms with E-state index >= 15 is 0 Å². The van der Waals surface area contributed by atoms with E-state index in [0.717, 1.165) is 12.1 Å². The first-order valence-corrected chi connectivity index (χ1v) is 9.88. The predicted octanol–water partition coefficient (Wildman–Crippen LogP) is 3.04. The molecule has 2 heterocycles. The van der Waals surface area contributed by atoms with E-state index in [1.54, 1.807) is 6.92 Å². The van der Waals surface area contributed by atoms with Gasteiger partial charge in [0.05, 0.1) is 17.0 Å². The van der Waals surface area contributed by atoms with Gasteiger partial charge < -0.3 is 4.98 Å². The number of aldehydes is 1. The standard InChI is InChI=1S/C18H15F2N3O4S/c1-2-5-28(26,27)23-14-4-3-13(19)15(16(14)20)17(25)12-8-22-18-11(12)6-10(9-24)7-21-18/h3-4,6-9,23H,2,5H2,1H3,(H,21,22). The number of pyridine rings is 1. The van der Waals surface area contributed by atoms with Crippen molar-refractivity contribution in [3.63, 3.8) is 0 Å². The van der Waals surface area contributed by atoms with E-state index in [-0.39, 0.29) is 27.9 Å². The van der Waals surface area contributed by atoms with Crippen LogP contribution in [0.5, 0.6) is 0 Å². The minimum absolute atomic E-state index is 0.0995. The number of ketones is 1. The average molecular weight is 407 g/mol. The summed E-state index contributed by atoms with van der Waals surface area (Å²) in [6, 6.07) is 3.09. The number of sulfonamides is 1. The van der Waals surface area contributed by atoms with Gasteiger partial charge in [-0.1, -0.05) is 6.92 Å². The zero-order chi connectivity index (χ0) is 20.5. The Balaban J connectivity index is 2.10. The lowest BCUT2D eigenvalue weighted by atomic mass is 10.0. The molecule has 28 heavy (non-hydrogen) atoms. The predicted molar refractivity (Wildman–Crippen MR) is 99.0 cm³/mol. The van der Waals surface area contributed by atoms with Gasteiger partial charge in [0.15, 0.2) is 12.1 Å². The van der Waals surface area contributed by atoms with Crippen LogP contribution in [0.2, 0.25) is 0 Å². The smallest absolute Gasteiger partial charge is 0.232 e. The van der Waals surface area contributed by atoms with E-state index in [9.17, 15) is 26.8 Å². The molecule has 0 atom stereocenters. The molecule has 1 aromatic carbocycles. The van der Waals surface area contributed by atoms with Crippen molar-refractivity contribution in [2.45, 2.75) is 13.3 Å². The summed E-state index contributed by atoms with van der Waals surface area (Å²) in [4.78, 5) is 30.4. The Hall–Kier alpha value is -3.14. The van der Waals surface area contributed by atoms with Crippen molar-refractivity contribution in [3.05, 3.63) is 58.9 Å². The fraction of sp³-hybridized carbons (Fsp3) is 0.167. The molecule has 0 amide bonds. The Morgan fingerprint density at radius 2 is 2.07 bits per heavy atom. The van der Waals surface area contributed by atoms with Crippen molar-refractivity contribution < 1.29 is 26.8 Å². The van der Waals surface area contributed by atoms with Gasteiger partial charge in [0.25, 0.3) is 0 Å². The van der Waals surface area contributed by atoms with Gasteiger partial charge in [0.1, 0.15) is 11.5 Å². The molecule has 146 valence electrons.